The standard InChI is InChI=1S/C6H7N3O8/c1-2-17-5(10)3-4-6(7(11)12,8(13)14)9(15)16/h2H,1,3-4H2. The zero-order valence-electron chi connectivity index (χ0n) is 8.31. The lowest BCUT2D eigenvalue weighted by Gasteiger charge is -2.07. The maximum Gasteiger partial charge on any atom is 0.700 e. The number of esters is 1. The van der Waals surface area contributed by atoms with Crippen molar-refractivity contribution >= 4 is 5.97 Å². The predicted octanol–water partition coefficient (Wildman–Crippen LogP) is -0.0628. The summed E-state index contributed by atoms with van der Waals surface area (Å²) in [4.78, 5) is 37.1. The maximum atomic E-state index is 10.8. The average molecular weight is 249 g/mol. The van der Waals surface area contributed by atoms with Gasteiger partial charge in [-0.05, 0) is 0 Å². The first-order valence-electron chi connectivity index (χ1n) is 4.03. The second-order valence-corrected chi connectivity index (χ2v) is 2.70. The fourth-order valence-corrected chi connectivity index (χ4v) is 0.896. The molecule has 0 aliphatic rings. The molecule has 0 spiro atoms. The van der Waals surface area contributed by atoms with Crippen molar-refractivity contribution in [3.05, 3.63) is 43.2 Å². The highest BCUT2D eigenvalue weighted by Crippen LogP contribution is 2.19. The Kier molecular flexibility index (Phi) is 4.65. The minimum absolute atomic E-state index is 0.703. The van der Waals surface area contributed by atoms with Crippen LogP contribution in [0.3, 0.4) is 0 Å². The number of hydrogen-bond donors (Lipinski definition) is 0. The molecule has 11 nitrogen and oxygen atoms in total. The predicted molar refractivity (Wildman–Crippen MR) is 49.2 cm³/mol. The summed E-state index contributed by atoms with van der Waals surface area (Å²) in [6, 6.07) is 0. The van der Waals surface area contributed by atoms with Gasteiger partial charge in [0.15, 0.2) is 21.2 Å². The Hall–Kier alpha value is -2.59. The first kappa shape index (κ1) is 14.4. The van der Waals surface area contributed by atoms with E-state index in [4.69, 9.17) is 0 Å². The normalized spacial score (nSPS) is 10.4. The number of nitrogens with zero attached hydrogens (tertiary/aromatic N) is 3. The van der Waals surface area contributed by atoms with E-state index in [-0.39, 0.29) is 0 Å². The minimum Gasteiger partial charge on any atom is -0.435 e. The molecule has 0 aromatic rings. The van der Waals surface area contributed by atoms with E-state index in [0.29, 0.717) is 6.26 Å². The van der Waals surface area contributed by atoms with E-state index >= 15 is 0 Å². The fraction of sp³-hybridized carbons (Fsp3) is 0.500. The molecular weight excluding hydrogens is 242 g/mol. The average Bonchev–Trinajstić information content (AvgIpc) is 2.17. The van der Waals surface area contributed by atoms with Crippen LogP contribution in [-0.2, 0) is 9.53 Å². The summed E-state index contributed by atoms with van der Waals surface area (Å²) in [7, 11) is 0. The van der Waals surface area contributed by atoms with Crippen molar-refractivity contribution in [2.75, 3.05) is 0 Å². The minimum atomic E-state index is -3.64. The van der Waals surface area contributed by atoms with Crippen LogP contribution in [0, 0.1) is 30.3 Å². The van der Waals surface area contributed by atoms with Gasteiger partial charge >= 0.3 is 11.8 Å². The molecule has 0 bridgehead atoms. The highest BCUT2D eigenvalue weighted by atomic mass is 16.7. The molecule has 0 aliphatic heterocycles. The summed E-state index contributed by atoms with van der Waals surface area (Å²) in [6.45, 7) is 3.01. The number of hydrogen-bond acceptors (Lipinski definition) is 8. The number of rotatable bonds is 7. The Morgan fingerprint density at radius 1 is 1.18 bits per heavy atom. The van der Waals surface area contributed by atoms with Crippen molar-refractivity contribution in [2.45, 2.75) is 18.6 Å². The first-order chi connectivity index (χ1) is 7.78. The smallest absolute Gasteiger partial charge is 0.435 e. The van der Waals surface area contributed by atoms with Crippen LogP contribution in [-0.4, -0.2) is 26.5 Å². The Morgan fingerprint density at radius 3 is 1.88 bits per heavy atom. The van der Waals surface area contributed by atoms with Gasteiger partial charge in [-0.3, -0.25) is 35.1 Å². The van der Waals surface area contributed by atoms with Gasteiger partial charge < -0.3 is 4.74 Å². The van der Waals surface area contributed by atoms with Crippen LogP contribution in [0.25, 0.3) is 0 Å². The summed E-state index contributed by atoms with van der Waals surface area (Å²) in [6.07, 6.45) is -1.36. The van der Waals surface area contributed by atoms with Gasteiger partial charge in [-0.15, -0.1) is 0 Å². The van der Waals surface area contributed by atoms with Gasteiger partial charge in [-0.2, -0.15) is 0 Å². The van der Waals surface area contributed by atoms with Crippen molar-refractivity contribution in [1.29, 1.82) is 0 Å². The van der Waals surface area contributed by atoms with Gasteiger partial charge in [0.1, 0.15) is 0 Å². The Bertz CT molecular complexity index is 341. The van der Waals surface area contributed by atoms with Gasteiger partial charge in [-0.25, -0.2) is 0 Å². The van der Waals surface area contributed by atoms with E-state index in [1.54, 1.807) is 0 Å². The molecule has 0 N–H and O–H groups in total. The molecule has 0 saturated heterocycles. The van der Waals surface area contributed by atoms with Crippen molar-refractivity contribution < 1.29 is 24.3 Å². The summed E-state index contributed by atoms with van der Waals surface area (Å²) in [5.41, 5.74) is 0. The lowest BCUT2D eigenvalue weighted by Crippen LogP contribution is -2.53. The SMILES string of the molecule is C=COC(=O)CCC([N+](=O)[O-])([N+](=O)[O-])[N+](=O)[O-]. The second-order valence-electron chi connectivity index (χ2n) is 2.70. The lowest BCUT2D eigenvalue weighted by molar-refractivity contribution is -0.970. The Balaban J connectivity index is 5.01. The first-order valence-corrected chi connectivity index (χ1v) is 4.03. The van der Waals surface area contributed by atoms with Gasteiger partial charge in [-0.1, -0.05) is 6.58 Å². The van der Waals surface area contributed by atoms with Crippen LogP contribution in [0.1, 0.15) is 12.8 Å². The second kappa shape index (κ2) is 5.48. The van der Waals surface area contributed by atoms with E-state index in [1.807, 2.05) is 0 Å². The van der Waals surface area contributed by atoms with Crippen LogP contribution < -0.4 is 0 Å². The molecule has 17 heavy (non-hydrogen) atoms. The number of nitro groups is 3. The van der Waals surface area contributed by atoms with E-state index in [1.165, 1.54) is 0 Å². The molecule has 0 amide bonds. The summed E-state index contributed by atoms with van der Waals surface area (Å²) < 4.78 is 4.13. The molecule has 0 unspecified atom stereocenters. The molecule has 94 valence electrons. The Labute approximate surface area is 93.1 Å². The van der Waals surface area contributed by atoms with Crippen molar-refractivity contribution in [2.24, 2.45) is 0 Å². The molecule has 0 saturated carbocycles. The van der Waals surface area contributed by atoms with Crippen LogP contribution >= 0.6 is 0 Å². The molecule has 0 aliphatic carbocycles. The maximum absolute atomic E-state index is 10.8. The topological polar surface area (TPSA) is 156 Å². The van der Waals surface area contributed by atoms with Crippen molar-refractivity contribution in [3.8, 4) is 0 Å². The summed E-state index contributed by atoms with van der Waals surface area (Å²) in [5, 5.41) is 31.3. The molecular formula is C6H7N3O8. The summed E-state index contributed by atoms with van der Waals surface area (Å²) >= 11 is 0. The van der Waals surface area contributed by atoms with Crippen molar-refractivity contribution in [1.82, 2.24) is 0 Å². The number of ether oxygens (including phenoxy) is 1. The number of carbonyl (C=O) groups is 1. The molecule has 0 radical (unpaired) electrons. The highest BCUT2D eigenvalue weighted by molar-refractivity contribution is 5.69. The van der Waals surface area contributed by atoms with E-state index < -0.39 is 39.4 Å². The molecule has 0 aromatic carbocycles. The van der Waals surface area contributed by atoms with Crippen LogP contribution in [0.4, 0.5) is 0 Å². The van der Waals surface area contributed by atoms with Gasteiger partial charge in [0.05, 0.1) is 12.7 Å². The third-order valence-corrected chi connectivity index (χ3v) is 1.76. The van der Waals surface area contributed by atoms with Crippen LogP contribution in [0.15, 0.2) is 12.8 Å². The van der Waals surface area contributed by atoms with Crippen LogP contribution in [0.2, 0.25) is 0 Å². The van der Waals surface area contributed by atoms with Crippen molar-refractivity contribution in [3.63, 3.8) is 0 Å². The monoisotopic (exact) mass is 249 g/mol. The molecule has 0 heterocycles. The third kappa shape index (κ3) is 2.93. The highest BCUT2D eigenvalue weighted by Gasteiger charge is 2.69. The molecule has 11 heteroatoms. The van der Waals surface area contributed by atoms with E-state index in [0.717, 1.165) is 0 Å². The van der Waals surface area contributed by atoms with Gasteiger partial charge in [0, 0.05) is 0 Å². The largest absolute Gasteiger partial charge is 0.700 e. The van der Waals surface area contributed by atoms with Gasteiger partial charge in [0.25, 0.3) is 0 Å². The van der Waals surface area contributed by atoms with E-state index in [2.05, 4.69) is 11.3 Å². The van der Waals surface area contributed by atoms with Gasteiger partial charge in [0.2, 0.25) is 0 Å². The zero-order chi connectivity index (χ0) is 13.6. The summed E-state index contributed by atoms with van der Waals surface area (Å²) in [5.74, 6) is -4.73. The molecule has 0 atom stereocenters. The number of carbonyl (C=O) groups excluding carboxylic acids is 1. The molecule has 0 rings (SSSR count). The molecule has 0 fully saturated rings. The third-order valence-electron chi connectivity index (χ3n) is 1.76. The van der Waals surface area contributed by atoms with Crippen LogP contribution in [0.5, 0.6) is 0 Å². The zero-order valence-corrected chi connectivity index (χ0v) is 8.31. The Morgan fingerprint density at radius 2 is 1.59 bits per heavy atom. The fourth-order valence-electron chi connectivity index (χ4n) is 0.896. The van der Waals surface area contributed by atoms with E-state index in [9.17, 15) is 35.1 Å². The lowest BCUT2D eigenvalue weighted by atomic mass is 10.2. The molecule has 0 aromatic heterocycles. The quantitative estimate of drug-likeness (QED) is 0.199.